The fourth-order valence-corrected chi connectivity index (χ4v) is 3.64. The maximum Gasteiger partial charge on any atom is 0.264 e. The number of sulfonamides is 1. The van der Waals surface area contributed by atoms with E-state index in [1.165, 1.54) is 12.1 Å². The van der Waals surface area contributed by atoms with E-state index in [4.69, 9.17) is 4.52 Å². The van der Waals surface area contributed by atoms with Crippen LogP contribution in [0.15, 0.2) is 64.0 Å². The molecule has 1 N–H and O–H groups in total. The number of benzene rings is 2. The molecule has 0 saturated heterocycles. The molecule has 3 aromatic rings. The van der Waals surface area contributed by atoms with Gasteiger partial charge in [-0.05, 0) is 24.6 Å². The van der Waals surface area contributed by atoms with Gasteiger partial charge in [-0.25, -0.2) is 13.1 Å². The van der Waals surface area contributed by atoms with Crippen LogP contribution in [0.1, 0.15) is 26.5 Å². The van der Waals surface area contributed by atoms with E-state index in [0.29, 0.717) is 11.5 Å². The van der Waals surface area contributed by atoms with E-state index >= 15 is 0 Å². The van der Waals surface area contributed by atoms with Crippen molar-refractivity contribution in [3.05, 3.63) is 60.4 Å². The van der Waals surface area contributed by atoms with Crippen molar-refractivity contribution in [3.63, 3.8) is 0 Å². The lowest BCUT2D eigenvalue weighted by molar-refractivity contribution is -0.119. The van der Waals surface area contributed by atoms with Crippen molar-refractivity contribution in [2.45, 2.75) is 32.6 Å². The van der Waals surface area contributed by atoms with Crippen LogP contribution in [-0.4, -0.2) is 19.5 Å². The van der Waals surface area contributed by atoms with Crippen LogP contribution >= 0.6 is 0 Å². The largest absolute Gasteiger partial charge is 0.360 e. The Labute approximate surface area is 159 Å². The summed E-state index contributed by atoms with van der Waals surface area (Å²) in [4.78, 5) is 11.4. The maximum absolute atomic E-state index is 12.2. The Morgan fingerprint density at radius 1 is 1.04 bits per heavy atom. The highest BCUT2D eigenvalue weighted by atomic mass is 32.2. The number of carbonyl (C=O) groups excluding carboxylic acids is 1. The molecule has 0 aliphatic heterocycles. The minimum Gasteiger partial charge on any atom is -0.360 e. The fourth-order valence-electron chi connectivity index (χ4n) is 2.59. The van der Waals surface area contributed by atoms with Gasteiger partial charge >= 0.3 is 0 Å². The van der Waals surface area contributed by atoms with E-state index in [0.717, 1.165) is 16.7 Å². The lowest BCUT2D eigenvalue weighted by Gasteiger charge is -2.07. The molecule has 3 rings (SSSR count). The first-order valence-corrected chi connectivity index (χ1v) is 9.58. The van der Waals surface area contributed by atoms with Crippen molar-refractivity contribution >= 4 is 15.9 Å². The van der Waals surface area contributed by atoms with Crippen LogP contribution in [0, 0.1) is 6.92 Å². The second-order valence-electron chi connectivity index (χ2n) is 5.73. The molecule has 7 heteroatoms. The number of nitrogens with one attached hydrogen (secondary N) is 1. The third kappa shape index (κ3) is 4.25. The molecule has 0 radical (unpaired) electrons. The lowest BCUT2D eigenvalue weighted by Crippen LogP contribution is -2.29. The van der Waals surface area contributed by atoms with Gasteiger partial charge in [0.2, 0.25) is 5.91 Å². The summed E-state index contributed by atoms with van der Waals surface area (Å²) in [6.07, 6.45) is 0.0949. The molecule has 0 saturated carbocycles. The molecule has 142 valence electrons. The van der Waals surface area contributed by atoms with Gasteiger partial charge in [0.25, 0.3) is 10.0 Å². The van der Waals surface area contributed by atoms with Gasteiger partial charge in [0.15, 0.2) is 0 Å². The van der Waals surface area contributed by atoms with E-state index in [1.807, 2.05) is 35.1 Å². The summed E-state index contributed by atoms with van der Waals surface area (Å²) < 4.78 is 31.8. The van der Waals surface area contributed by atoms with Crippen LogP contribution < -0.4 is 4.72 Å². The molecule has 0 aliphatic carbocycles. The molecule has 1 aromatic heterocycles. The number of hydrogen-bond donors (Lipinski definition) is 1. The molecular formula is C20H22N2O4S. The number of aryl methyl sites for hydroxylation is 1. The van der Waals surface area contributed by atoms with E-state index in [1.54, 1.807) is 26.0 Å². The van der Waals surface area contributed by atoms with Crippen LogP contribution in [0.5, 0.6) is 0 Å². The Morgan fingerprint density at radius 2 is 1.67 bits per heavy atom. The second kappa shape index (κ2) is 8.18. The summed E-state index contributed by atoms with van der Waals surface area (Å²) in [6, 6.07) is 15.9. The van der Waals surface area contributed by atoms with Gasteiger partial charge in [-0.1, -0.05) is 62.0 Å². The molecule has 2 aromatic carbocycles. The molecule has 0 fully saturated rings. The fraction of sp³-hybridized carbons (Fsp3) is 0.200. The van der Waals surface area contributed by atoms with Crippen molar-refractivity contribution < 1.29 is 17.7 Å². The number of hydrogen-bond acceptors (Lipinski definition) is 5. The predicted molar refractivity (Wildman–Crippen MR) is 104 cm³/mol. The summed E-state index contributed by atoms with van der Waals surface area (Å²) in [7, 11) is -3.87. The molecule has 0 aliphatic rings. The Morgan fingerprint density at radius 3 is 2.26 bits per heavy atom. The molecule has 1 heterocycles. The quantitative estimate of drug-likeness (QED) is 0.711. The van der Waals surface area contributed by atoms with E-state index < -0.39 is 15.9 Å². The number of nitrogens with zero attached hydrogens (tertiary/aromatic N) is 1. The summed E-state index contributed by atoms with van der Waals surface area (Å²) in [5, 5.41) is 4.13. The zero-order chi connectivity index (χ0) is 18.7. The molecule has 27 heavy (non-hydrogen) atoms. The van der Waals surface area contributed by atoms with Crippen LogP contribution in [-0.2, 0) is 14.8 Å². The molecule has 1 amide bonds. The molecule has 0 bridgehead atoms. The molecule has 0 spiro atoms. The predicted octanol–water partition coefficient (Wildman–Crippen LogP) is 4.17. The molecule has 0 atom stereocenters. The van der Waals surface area contributed by atoms with Crippen molar-refractivity contribution in [1.29, 1.82) is 0 Å². The average Bonchev–Trinajstić information content (AvgIpc) is 3.03. The standard InChI is InChI=1S/C19H18N2O4S.CH4/c1-3-17(22)21-26(23,24)16-11-9-14(10-12-16)18-13(2)25-20-19(18)15-7-5-4-6-8-15;/h4-12H,3H2,1-2H3,(H,21,22);1H4. The highest BCUT2D eigenvalue weighted by Gasteiger charge is 2.19. The molecule has 6 nitrogen and oxygen atoms in total. The van der Waals surface area contributed by atoms with E-state index in [9.17, 15) is 13.2 Å². The zero-order valence-corrected chi connectivity index (χ0v) is 15.2. The Bertz CT molecular complexity index is 1020. The lowest BCUT2D eigenvalue weighted by atomic mass is 10.00. The van der Waals surface area contributed by atoms with Crippen LogP contribution in [0.4, 0.5) is 0 Å². The average molecular weight is 386 g/mol. The summed E-state index contributed by atoms with van der Waals surface area (Å²) in [5.41, 5.74) is 3.19. The SMILES string of the molecule is C.CCC(=O)NS(=O)(=O)c1ccc(-c2c(-c3ccccc3)noc2C)cc1. The minimum atomic E-state index is -3.87. The third-order valence-electron chi connectivity index (χ3n) is 3.93. The van der Waals surface area contributed by atoms with Gasteiger partial charge in [-0.3, -0.25) is 4.79 Å². The summed E-state index contributed by atoms with van der Waals surface area (Å²) in [5.74, 6) is 0.0917. The smallest absolute Gasteiger partial charge is 0.264 e. The van der Waals surface area contributed by atoms with E-state index in [2.05, 4.69) is 5.16 Å². The first-order chi connectivity index (χ1) is 12.4. The Balaban J connectivity index is 0.00000261. The van der Waals surface area contributed by atoms with Gasteiger partial charge in [-0.15, -0.1) is 0 Å². The highest BCUT2D eigenvalue weighted by Crippen LogP contribution is 2.34. The van der Waals surface area contributed by atoms with E-state index in [-0.39, 0.29) is 18.7 Å². The van der Waals surface area contributed by atoms with Gasteiger partial charge < -0.3 is 4.52 Å². The molecular weight excluding hydrogens is 364 g/mol. The number of amides is 1. The normalized spacial score (nSPS) is 10.9. The van der Waals surface area contributed by atoms with Crippen LogP contribution in [0.3, 0.4) is 0 Å². The Kier molecular flexibility index (Phi) is 6.17. The minimum absolute atomic E-state index is 0. The number of aromatic nitrogens is 1. The number of carbonyl (C=O) groups is 1. The van der Waals surface area contributed by atoms with Crippen molar-refractivity contribution in [3.8, 4) is 22.4 Å². The van der Waals surface area contributed by atoms with Crippen LogP contribution in [0.2, 0.25) is 0 Å². The summed E-state index contributed by atoms with van der Waals surface area (Å²) in [6.45, 7) is 3.40. The van der Waals surface area contributed by atoms with Gasteiger partial charge in [0, 0.05) is 12.0 Å². The Hall–Kier alpha value is -2.93. The third-order valence-corrected chi connectivity index (χ3v) is 5.32. The van der Waals surface area contributed by atoms with Gasteiger partial charge in [0.05, 0.1) is 10.5 Å². The van der Waals surface area contributed by atoms with Crippen molar-refractivity contribution in [1.82, 2.24) is 9.88 Å². The van der Waals surface area contributed by atoms with Gasteiger partial charge in [-0.2, -0.15) is 0 Å². The van der Waals surface area contributed by atoms with Crippen molar-refractivity contribution in [2.75, 3.05) is 0 Å². The first kappa shape index (κ1) is 20.4. The monoisotopic (exact) mass is 386 g/mol. The van der Waals surface area contributed by atoms with Crippen LogP contribution in [0.25, 0.3) is 22.4 Å². The highest BCUT2D eigenvalue weighted by molar-refractivity contribution is 7.90. The first-order valence-electron chi connectivity index (χ1n) is 8.10. The van der Waals surface area contributed by atoms with Crippen molar-refractivity contribution in [2.24, 2.45) is 0 Å². The second-order valence-corrected chi connectivity index (χ2v) is 7.42. The molecule has 0 unspecified atom stereocenters. The zero-order valence-electron chi connectivity index (χ0n) is 14.4. The summed E-state index contributed by atoms with van der Waals surface area (Å²) >= 11 is 0. The topological polar surface area (TPSA) is 89.3 Å². The number of rotatable bonds is 5. The maximum atomic E-state index is 12.2. The van der Waals surface area contributed by atoms with Gasteiger partial charge in [0.1, 0.15) is 11.5 Å².